The summed E-state index contributed by atoms with van der Waals surface area (Å²) in [5, 5.41) is 20.7. The van der Waals surface area contributed by atoms with E-state index in [0.29, 0.717) is 18.1 Å². The molecule has 1 aliphatic rings. The van der Waals surface area contributed by atoms with Crippen molar-refractivity contribution in [2.24, 2.45) is 0 Å². The van der Waals surface area contributed by atoms with Gasteiger partial charge in [-0.25, -0.2) is 0 Å². The molecule has 2 heterocycles. The maximum atomic E-state index is 11.8. The van der Waals surface area contributed by atoms with Crippen LogP contribution in [0, 0.1) is 10.1 Å². The van der Waals surface area contributed by atoms with Crippen LogP contribution in [0.1, 0.15) is 30.4 Å². The van der Waals surface area contributed by atoms with Crippen molar-refractivity contribution in [3.8, 4) is 0 Å². The van der Waals surface area contributed by atoms with E-state index in [2.05, 4.69) is 15.5 Å². The molecule has 3 rings (SSSR count). The van der Waals surface area contributed by atoms with Crippen LogP contribution in [0.25, 0.3) is 6.08 Å². The molecule has 0 saturated carbocycles. The van der Waals surface area contributed by atoms with Gasteiger partial charge >= 0.3 is 6.01 Å². The maximum Gasteiger partial charge on any atom is 0.322 e. The van der Waals surface area contributed by atoms with Crippen LogP contribution in [0.15, 0.2) is 34.8 Å². The third-order valence-corrected chi connectivity index (χ3v) is 3.38. The highest BCUT2D eigenvalue weighted by Gasteiger charge is 2.23. The molecule has 1 aromatic heterocycles. The third-order valence-electron chi connectivity index (χ3n) is 3.38. The van der Waals surface area contributed by atoms with Crippen molar-refractivity contribution in [3.05, 3.63) is 51.9 Å². The van der Waals surface area contributed by atoms with Crippen molar-refractivity contribution in [3.63, 3.8) is 0 Å². The number of carbonyl (C=O) groups is 1. The summed E-state index contributed by atoms with van der Waals surface area (Å²) in [5.74, 6) is -0.144. The number of nitrogens with zero attached hydrogens (tertiary/aromatic N) is 3. The predicted octanol–water partition coefficient (Wildman–Crippen LogP) is 2.48. The Morgan fingerprint density at radius 1 is 1.42 bits per heavy atom. The van der Waals surface area contributed by atoms with Gasteiger partial charge in [0.25, 0.3) is 11.6 Å². The topological polar surface area (TPSA) is 120 Å². The monoisotopic (exact) mass is 330 g/mol. The van der Waals surface area contributed by atoms with Gasteiger partial charge in [-0.05, 0) is 24.5 Å². The minimum atomic E-state index is -0.498. The first-order chi connectivity index (χ1) is 11.6. The molecule has 0 bridgehead atoms. The second-order valence-corrected chi connectivity index (χ2v) is 5.12. The summed E-state index contributed by atoms with van der Waals surface area (Å²) in [7, 11) is 0. The Labute approximate surface area is 136 Å². The van der Waals surface area contributed by atoms with Gasteiger partial charge in [0, 0.05) is 24.8 Å². The molecular weight excluding hydrogens is 316 g/mol. The number of rotatable bonds is 5. The molecule has 9 heteroatoms. The van der Waals surface area contributed by atoms with Crippen molar-refractivity contribution in [2.45, 2.75) is 18.9 Å². The van der Waals surface area contributed by atoms with E-state index in [4.69, 9.17) is 9.15 Å². The number of anilines is 1. The van der Waals surface area contributed by atoms with Gasteiger partial charge in [-0.3, -0.25) is 20.2 Å². The molecular formula is C15H14N4O5. The van der Waals surface area contributed by atoms with Crippen molar-refractivity contribution in [1.82, 2.24) is 10.2 Å². The number of nitro groups is 1. The van der Waals surface area contributed by atoms with Gasteiger partial charge in [-0.1, -0.05) is 17.2 Å². The summed E-state index contributed by atoms with van der Waals surface area (Å²) >= 11 is 0. The zero-order valence-corrected chi connectivity index (χ0v) is 12.5. The standard InChI is InChI=1S/C15H14N4O5/c20-13(7-6-10-3-1-4-11(9-10)19(21)22)16-15-18-17-14(24-15)12-5-2-8-23-12/h1,3-4,6-7,9,12H,2,5,8H2,(H,16,18,20)/b7-6+. The molecule has 0 spiro atoms. The molecule has 9 nitrogen and oxygen atoms in total. The first-order valence-corrected chi connectivity index (χ1v) is 7.30. The van der Waals surface area contributed by atoms with E-state index >= 15 is 0 Å². The third kappa shape index (κ3) is 3.82. The molecule has 24 heavy (non-hydrogen) atoms. The zero-order chi connectivity index (χ0) is 16.9. The number of nitrogens with one attached hydrogen (secondary N) is 1. The fraction of sp³-hybridized carbons (Fsp3) is 0.267. The fourth-order valence-electron chi connectivity index (χ4n) is 2.25. The molecule has 1 aliphatic heterocycles. The average molecular weight is 330 g/mol. The lowest BCUT2D eigenvalue weighted by atomic mass is 10.2. The number of ether oxygens (including phenoxy) is 1. The average Bonchev–Trinajstić information content (AvgIpc) is 3.24. The van der Waals surface area contributed by atoms with E-state index < -0.39 is 10.8 Å². The Balaban J connectivity index is 1.61. The SMILES string of the molecule is O=C(/C=C/c1cccc([N+](=O)[O-])c1)Nc1nnc(C2CCCO2)o1. The highest BCUT2D eigenvalue weighted by molar-refractivity contribution is 6.00. The van der Waals surface area contributed by atoms with Crippen molar-refractivity contribution < 1.29 is 18.9 Å². The minimum absolute atomic E-state index is 0.0193. The summed E-state index contributed by atoms with van der Waals surface area (Å²) in [6.07, 6.45) is 4.21. The van der Waals surface area contributed by atoms with Crippen LogP contribution in [0.4, 0.5) is 11.7 Å². The first-order valence-electron chi connectivity index (χ1n) is 7.30. The second-order valence-electron chi connectivity index (χ2n) is 5.12. The lowest BCUT2D eigenvalue weighted by Crippen LogP contribution is -2.07. The Morgan fingerprint density at radius 3 is 3.04 bits per heavy atom. The van der Waals surface area contributed by atoms with E-state index in [0.717, 1.165) is 12.8 Å². The molecule has 2 aromatic rings. The summed E-state index contributed by atoms with van der Waals surface area (Å²) in [5.41, 5.74) is 0.487. The Kier molecular flexibility index (Phi) is 4.62. The van der Waals surface area contributed by atoms with Gasteiger partial charge in [0.1, 0.15) is 6.10 Å². The van der Waals surface area contributed by atoms with Gasteiger partial charge in [0.15, 0.2) is 0 Å². The number of hydrogen-bond donors (Lipinski definition) is 1. The number of benzene rings is 1. The smallest absolute Gasteiger partial charge is 0.322 e. The Bertz CT molecular complexity index is 780. The summed E-state index contributed by atoms with van der Waals surface area (Å²) in [4.78, 5) is 22.1. The minimum Gasteiger partial charge on any atom is -0.405 e. The lowest BCUT2D eigenvalue weighted by molar-refractivity contribution is -0.384. The van der Waals surface area contributed by atoms with Gasteiger partial charge in [0.05, 0.1) is 4.92 Å². The van der Waals surface area contributed by atoms with E-state index in [9.17, 15) is 14.9 Å². The summed E-state index contributed by atoms with van der Waals surface area (Å²) in [6, 6.07) is 5.92. The van der Waals surface area contributed by atoms with Gasteiger partial charge < -0.3 is 9.15 Å². The van der Waals surface area contributed by atoms with Crippen LogP contribution in [0.2, 0.25) is 0 Å². The fourth-order valence-corrected chi connectivity index (χ4v) is 2.25. The van der Waals surface area contributed by atoms with E-state index in [1.807, 2.05) is 0 Å². The van der Waals surface area contributed by atoms with E-state index in [1.54, 1.807) is 12.1 Å². The lowest BCUT2D eigenvalue weighted by Gasteiger charge is -2.01. The molecule has 1 amide bonds. The molecule has 124 valence electrons. The van der Waals surface area contributed by atoms with Gasteiger partial charge in [-0.2, -0.15) is 0 Å². The van der Waals surface area contributed by atoms with Crippen LogP contribution in [0.3, 0.4) is 0 Å². The predicted molar refractivity (Wildman–Crippen MR) is 83.0 cm³/mol. The zero-order valence-electron chi connectivity index (χ0n) is 12.5. The molecule has 1 atom stereocenters. The van der Waals surface area contributed by atoms with Crippen LogP contribution < -0.4 is 5.32 Å². The number of hydrogen-bond acceptors (Lipinski definition) is 7. The van der Waals surface area contributed by atoms with Crippen molar-refractivity contribution >= 4 is 23.7 Å². The van der Waals surface area contributed by atoms with Crippen LogP contribution >= 0.6 is 0 Å². The first kappa shape index (κ1) is 15.8. The highest BCUT2D eigenvalue weighted by atomic mass is 16.6. The number of non-ortho nitro benzene ring substituents is 1. The quantitative estimate of drug-likeness (QED) is 0.508. The molecule has 0 aliphatic carbocycles. The highest BCUT2D eigenvalue weighted by Crippen LogP contribution is 2.28. The maximum absolute atomic E-state index is 11.8. The number of nitro benzene ring substituents is 1. The van der Waals surface area contributed by atoms with Gasteiger partial charge in [0.2, 0.25) is 5.89 Å². The molecule has 1 saturated heterocycles. The largest absolute Gasteiger partial charge is 0.405 e. The number of carbonyl (C=O) groups excluding carboxylic acids is 1. The molecule has 0 radical (unpaired) electrons. The number of amides is 1. The number of aromatic nitrogens is 2. The van der Waals surface area contributed by atoms with E-state index in [-0.39, 0.29) is 17.8 Å². The normalized spacial score (nSPS) is 17.2. The summed E-state index contributed by atoms with van der Waals surface area (Å²) in [6.45, 7) is 0.653. The van der Waals surface area contributed by atoms with Crippen LogP contribution in [-0.4, -0.2) is 27.6 Å². The molecule has 1 fully saturated rings. The Hall–Kier alpha value is -3.07. The molecule has 1 N–H and O–H groups in total. The van der Waals surface area contributed by atoms with Gasteiger partial charge in [-0.15, -0.1) is 5.10 Å². The van der Waals surface area contributed by atoms with E-state index in [1.165, 1.54) is 24.3 Å². The van der Waals surface area contributed by atoms with Crippen LogP contribution in [0.5, 0.6) is 0 Å². The summed E-state index contributed by atoms with van der Waals surface area (Å²) < 4.78 is 10.8. The Morgan fingerprint density at radius 2 is 2.29 bits per heavy atom. The second kappa shape index (κ2) is 7.01. The van der Waals surface area contributed by atoms with Crippen molar-refractivity contribution in [2.75, 3.05) is 11.9 Å². The van der Waals surface area contributed by atoms with Crippen molar-refractivity contribution in [1.29, 1.82) is 0 Å². The molecule has 1 unspecified atom stereocenters. The molecule has 1 aromatic carbocycles. The van der Waals surface area contributed by atoms with Crippen LogP contribution in [-0.2, 0) is 9.53 Å².